The summed E-state index contributed by atoms with van der Waals surface area (Å²) in [5.41, 5.74) is 3.43. The number of rotatable bonds is 16. The van der Waals surface area contributed by atoms with Crippen LogP contribution in [0.15, 0.2) is 153 Å². The van der Waals surface area contributed by atoms with E-state index >= 15 is 0 Å². The van der Waals surface area contributed by atoms with E-state index < -0.39 is 6.10 Å². The summed E-state index contributed by atoms with van der Waals surface area (Å²) in [6, 6.07) is 45.4. The van der Waals surface area contributed by atoms with Crippen molar-refractivity contribution in [2.75, 3.05) is 26.4 Å². The highest BCUT2D eigenvalue weighted by atomic mass is 32.2. The van der Waals surface area contributed by atoms with Crippen LogP contribution in [0.5, 0.6) is 5.75 Å². The molecule has 0 spiro atoms. The minimum absolute atomic E-state index is 0.213. The molecule has 7 heteroatoms. The van der Waals surface area contributed by atoms with Gasteiger partial charge >= 0.3 is 5.97 Å². The van der Waals surface area contributed by atoms with Crippen molar-refractivity contribution in [1.29, 1.82) is 0 Å². The zero-order chi connectivity index (χ0) is 33.8. The lowest BCUT2D eigenvalue weighted by Crippen LogP contribution is -2.28. The maximum atomic E-state index is 12.0. The molecular weight excluding hydrogens is 637 g/mol. The molecule has 5 aromatic carbocycles. The highest BCUT2D eigenvalue weighted by Crippen LogP contribution is 2.28. The second kappa shape index (κ2) is 21.1. The Morgan fingerprint density at radius 1 is 0.604 bits per heavy atom. The third-order valence-corrected chi connectivity index (χ3v) is 9.16. The molecule has 0 aliphatic carbocycles. The molecule has 5 rings (SSSR count). The van der Waals surface area contributed by atoms with Gasteiger partial charge in [-0.15, -0.1) is 0 Å². The van der Waals surface area contributed by atoms with E-state index in [1.165, 1.54) is 30.7 Å². The lowest BCUT2D eigenvalue weighted by atomic mass is 10.1. The van der Waals surface area contributed by atoms with E-state index in [2.05, 4.69) is 84.9 Å². The van der Waals surface area contributed by atoms with Crippen LogP contribution >= 0.6 is 23.5 Å². The average molecular weight is 681 g/mol. The second-order valence-electron chi connectivity index (χ2n) is 10.7. The average Bonchev–Trinajstić information content (AvgIpc) is 3.12. The first-order chi connectivity index (χ1) is 23.6. The van der Waals surface area contributed by atoms with E-state index in [0.29, 0.717) is 26.2 Å². The van der Waals surface area contributed by atoms with Crippen LogP contribution in [-0.4, -0.2) is 43.6 Å². The first-order valence-corrected chi connectivity index (χ1v) is 17.9. The first-order valence-electron chi connectivity index (χ1n) is 16.3. The van der Waals surface area contributed by atoms with Crippen LogP contribution in [0.3, 0.4) is 0 Å². The molecule has 0 fully saturated rings. The number of ether oxygens (including phenoxy) is 3. The van der Waals surface area contributed by atoms with E-state index in [1.807, 2.05) is 55.5 Å². The summed E-state index contributed by atoms with van der Waals surface area (Å²) in [7, 11) is 0. The van der Waals surface area contributed by atoms with Gasteiger partial charge < -0.3 is 19.3 Å². The number of aliphatic hydroxyl groups excluding tert-OH is 1. The van der Waals surface area contributed by atoms with Gasteiger partial charge in [0, 0.05) is 45.6 Å². The van der Waals surface area contributed by atoms with Gasteiger partial charge in [-0.25, -0.2) is 4.79 Å². The van der Waals surface area contributed by atoms with Crippen LogP contribution in [0.2, 0.25) is 0 Å². The smallest absolute Gasteiger partial charge is 0.335 e. The van der Waals surface area contributed by atoms with Gasteiger partial charge in [0.25, 0.3) is 0 Å². The normalized spacial score (nSPS) is 11.2. The molecule has 0 aliphatic heterocycles. The maximum absolute atomic E-state index is 12.0. The second-order valence-corrected chi connectivity index (χ2v) is 13.0. The first kappa shape index (κ1) is 36.8. The summed E-state index contributed by atoms with van der Waals surface area (Å²) in [4.78, 5) is 17.0. The van der Waals surface area contributed by atoms with Crippen LogP contribution in [0.25, 0.3) is 0 Å². The summed E-state index contributed by atoms with van der Waals surface area (Å²) in [5, 5.41) is 8.82. The molecule has 0 bridgehead atoms. The van der Waals surface area contributed by atoms with Gasteiger partial charge in [0.15, 0.2) is 6.10 Å². The Labute approximate surface area is 293 Å². The van der Waals surface area contributed by atoms with Crippen LogP contribution in [0, 0.1) is 0 Å². The van der Waals surface area contributed by atoms with Crippen molar-refractivity contribution in [2.45, 2.75) is 58.8 Å². The fourth-order valence-corrected chi connectivity index (χ4v) is 6.37. The minimum Gasteiger partial charge on any atom is -0.493 e. The lowest BCUT2D eigenvalue weighted by molar-refractivity contribution is -0.156. The molecule has 250 valence electrons. The third-order valence-electron chi connectivity index (χ3n) is 7.13. The van der Waals surface area contributed by atoms with Crippen LogP contribution < -0.4 is 4.74 Å². The Morgan fingerprint density at radius 3 is 1.56 bits per heavy atom. The van der Waals surface area contributed by atoms with Crippen LogP contribution in [0.4, 0.5) is 0 Å². The Morgan fingerprint density at radius 2 is 1.08 bits per heavy atom. The van der Waals surface area contributed by atoms with Gasteiger partial charge in [-0.05, 0) is 97.6 Å². The number of aliphatic hydroxyl groups is 1. The molecule has 1 atom stereocenters. The highest BCUT2D eigenvalue weighted by molar-refractivity contribution is 7.99. The number of carbonyl (C=O) groups excluding carboxylic acids is 1. The molecule has 0 saturated carbocycles. The molecule has 48 heavy (non-hydrogen) atoms. The van der Waals surface area contributed by atoms with Crippen LogP contribution in [-0.2, 0) is 33.5 Å². The van der Waals surface area contributed by atoms with Crippen molar-refractivity contribution in [1.82, 2.24) is 0 Å². The van der Waals surface area contributed by atoms with Gasteiger partial charge in [-0.2, -0.15) is 0 Å². The quantitative estimate of drug-likeness (QED) is 0.104. The van der Waals surface area contributed by atoms with E-state index in [1.54, 1.807) is 30.4 Å². The molecule has 0 radical (unpaired) electrons. The predicted molar refractivity (Wildman–Crippen MR) is 196 cm³/mol. The number of carbonyl (C=O) groups is 1. The molecule has 0 heterocycles. The van der Waals surface area contributed by atoms with Crippen molar-refractivity contribution < 1.29 is 24.1 Å². The molecule has 1 N–H and O–H groups in total. The van der Waals surface area contributed by atoms with E-state index in [4.69, 9.17) is 19.3 Å². The van der Waals surface area contributed by atoms with Gasteiger partial charge in [-0.1, -0.05) is 96.3 Å². The standard InChI is InChI=1S/C27H30O4S.C14H14OS/c1-3-29-26(27(28)30-4-2)20-22-10-14-23(15-11-22)31-19-18-21-12-16-25(17-13-21)32-24-8-6-5-7-9-24;15-11-10-12-6-8-14(9-7-12)16-13-4-2-1-3-5-13/h5-17,26H,3-4,18-20H2,1-2H3;1-9,15H,10-11H2/t26-;/m0./s1. The van der Waals surface area contributed by atoms with Gasteiger partial charge in [0.05, 0.1) is 13.2 Å². The Balaban J connectivity index is 0.000000271. The summed E-state index contributed by atoms with van der Waals surface area (Å²) in [5.74, 6) is 0.497. The van der Waals surface area contributed by atoms with Crippen molar-refractivity contribution >= 4 is 29.5 Å². The SMILES string of the molecule is CCOC(=O)[C@H](Cc1ccc(OCCc2ccc(Sc3ccccc3)cc2)cc1)OCC.OCCc1ccc(Sc2ccccc2)cc1. The lowest BCUT2D eigenvalue weighted by Gasteiger charge is -2.15. The Hall–Kier alpha value is -4.01. The van der Waals surface area contributed by atoms with E-state index in [-0.39, 0.29) is 12.6 Å². The van der Waals surface area contributed by atoms with Gasteiger partial charge in [-0.3, -0.25) is 0 Å². The highest BCUT2D eigenvalue weighted by Gasteiger charge is 2.20. The fourth-order valence-electron chi connectivity index (χ4n) is 4.70. The number of benzene rings is 5. The summed E-state index contributed by atoms with van der Waals surface area (Å²) in [6.45, 7) is 5.31. The summed E-state index contributed by atoms with van der Waals surface area (Å²) >= 11 is 3.51. The molecule has 0 unspecified atom stereocenters. The topological polar surface area (TPSA) is 65.0 Å². The van der Waals surface area contributed by atoms with E-state index in [9.17, 15) is 4.79 Å². The maximum Gasteiger partial charge on any atom is 0.335 e. The molecule has 5 nitrogen and oxygen atoms in total. The Kier molecular flexibility index (Phi) is 16.2. The predicted octanol–water partition coefficient (Wildman–Crippen LogP) is 9.34. The monoisotopic (exact) mass is 680 g/mol. The Bertz CT molecular complexity index is 1590. The summed E-state index contributed by atoms with van der Waals surface area (Å²) < 4.78 is 16.5. The van der Waals surface area contributed by atoms with Gasteiger partial charge in [0.1, 0.15) is 5.75 Å². The minimum atomic E-state index is -0.574. The zero-order valence-electron chi connectivity index (χ0n) is 27.6. The zero-order valence-corrected chi connectivity index (χ0v) is 29.3. The molecule has 5 aromatic rings. The van der Waals surface area contributed by atoms with Crippen molar-refractivity contribution in [3.8, 4) is 5.75 Å². The van der Waals surface area contributed by atoms with Crippen molar-refractivity contribution in [3.05, 3.63) is 150 Å². The van der Waals surface area contributed by atoms with Gasteiger partial charge in [0.2, 0.25) is 0 Å². The van der Waals surface area contributed by atoms with E-state index in [0.717, 1.165) is 24.2 Å². The van der Waals surface area contributed by atoms with Crippen LogP contribution in [0.1, 0.15) is 30.5 Å². The summed E-state index contributed by atoms with van der Waals surface area (Å²) in [6.07, 6.45) is 1.49. The molecule has 0 saturated heterocycles. The van der Waals surface area contributed by atoms with Crippen molar-refractivity contribution in [2.24, 2.45) is 0 Å². The molecule has 0 amide bonds. The molecule has 0 aromatic heterocycles. The fraction of sp³-hybridized carbons (Fsp3) is 0.244. The number of hydrogen-bond donors (Lipinski definition) is 1. The van der Waals surface area contributed by atoms with Crippen molar-refractivity contribution in [3.63, 3.8) is 0 Å². The molecule has 0 aliphatic rings. The number of hydrogen-bond acceptors (Lipinski definition) is 7. The number of esters is 1. The third kappa shape index (κ3) is 13.2. The largest absolute Gasteiger partial charge is 0.493 e. The molecular formula is C41H44O5S2.